The van der Waals surface area contributed by atoms with Crippen LogP contribution in [0.25, 0.3) is 0 Å². The van der Waals surface area contributed by atoms with Crippen molar-refractivity contribution in [3.8, 4) is 0 Å². The Morgan fingerprint density at radius 1 is 1.00 bits per heavy atom. The first kappa shape index (κ1) is 16.9. The zero-order chi connectivity index (χ0) is 18.2. The van der Waals surface area contributed by atoms with E-state index in [1.54, 1.807) is 0 Å². The Morgan fingerprint density at radius 2 is 1.68 bits per heavy atom. The molecule has 0 radical (unpaired) electrons. The zero-order valence-electron chi connectivity index (χ0n) is 12.8. The lowest BCUT2D eigenvalue weighted by molar-refractivity contribution is -0.137. The molecule has 0 bridgehead atoms. The largest absolute Gasteiger partial charge is 0.416 e. The first-order valence-corrected chi connectivity index (χ1v) is 7.29. The van der Waals surface area contributed by atoms with Crippen LogP contribution in [0.5, 0.6) is 0 Å². The minimum Gasteiger partial charge on any atom is -0.310 e. The number of halogens is 4. The molecule has 2 aromatic rings. The normalized spacial score (nSPS) is 15.2. The van der Waals surface area contributed by atoms with Gasteiger partial charge in [-0.25, -0.2) is 14.1 Å². The molecule has 0 atom stereocenters. The van der Waals surface area contributed by atoms with Gasteiger partial charge in [0, 0.05) is 6.54 Å². The van der Waals surface area contributed by atoms with Crippen molar-refractivity contribution in [1.82, 2.24) is 4.90 Å². The summed E-state index contributed by atoms with van der Waals surface area (Å²) in [6.45, 7) is -0.245. The minimum absolute atomic E-state index is 0.0193. The molecular weight excluding hydrogens is 340 g/mol. The second-order valence-electron chi connectivity index (χ2n) is 5.54. The monoisotopic (exact) mass is 352 g/mol. The maximum atomic E-state index is 13.3. The number of hydrogen-bond acceptors (Lipinski definition) is 2. The molecule has 0 spiro atoms. The van der Waals surface area contributed by atoms with E-state index in [-0.39, 0.29) is 18.8 Å². The Morgan fingerprint density at radius 3 is 2.28 bits per heavy atom. The van der Waals surface area contributed by atoms with Crippen molar-refractivity contribution in [2.24, 2.45) is 0 Å². The molecule has 0 aromatic heterocycles. The molecule has 1 fully saturated rings. The highest BCUT2D eigenvalue weighted by Crippen LogP contribution is 2.29. The zero-order valence-corrected chi connectivity index (χ0v) is 12.8. The molecular formula is C17H12F4N2O2. The molecule has 1 heterocycles. The van der Waals surface area contributed by atoms with Gasteiger partial charge in [0.2, 0.25) is 0 Å². The lowest BCUT2D eigenvalue weighted by atomic mass is 10.1. The van der Waals surface area contributed by atoms with Crippen LogP contribution in [-0.4, -0.2) is 23.4 Å². The van der Waals surface area contributed by atoms with Crippen LogP contribution in [0.2, 0.25) is 0 Å². The van der Waals surface area contributed by atoms with Gasteiger partial charge in [-0.05, 0) is 35.9 Å². The first-order valence-electron chi connectivity index (χ1n) is 7.29. The van der Waals surface area contributed by atoms with E-state index in [1.807, 2.05) is 0 Å². The summed E-state index contributed by atoms with van der Waals surface area (Å²) in [5.41, 5.74) is -0.221. The smallest absolute Gasteiger partial charge is 0.310 e. The number of carbonyl (C=O) groups is 2. The molecule has 1 saturated heterocycles. The molecule has 3 rings (SSSR count). The summed E-state index contributed by atoms with van der Waals surface area (Å²) in [7, 11) is 0. The van der Waals surface area contributed by atoms with E-state index in [2.05, 4.69) is 0 Å². The summed E-state index contributed by atoms with van der Waals surface area (Å²) in [5.74, 6) is -1.11. The summed E-state index contributed by atoms with van der Waals surface area (Å²) >= 11 is 0. The van der Waals surface area contributed by atoms with Crippen LogP contribution >= 0.6 is 0 Å². The Hall–Kier alpha value is -2.90. The van der Waals surface area contributed by atoms with Crippen LogP contribution in [0.4, 0.5) is 28.0 Å². The average molecular weight is 352 g/mol. The van der Waals surface area contributed by atoms with Crippen molar-refractivity contribution in [1.29, 1.82) is 0 Å². The Kier molecular flexibility index (Phi) is 4.20. The predicted octanol–water partition coefficient (Wildman–Crippen LogP) is 3.81. The molecule has 2 aromatic carbocycles. The van der Waals surface area contributed by atoms with Crippen LogP contribution in [0.3, 0.4) is 0 Å². The SMILES string of the molecule is O=C1CN(Cc2ccc(C(F)(F)F)cc2)C(=O)N1c1cccc(F)c1. The number of anilines is 1. The maximum absolute atomic E-state index is 13.3. The van der Waals surface area contributed by atoms with Crippen LogP contribution in [0, 0.1) is 5.82 Å². The van der Waals surface area contributed by atoms with Crippen LogP contribution < -0.4 is 4.90 Å². The first-order chi connectivity index (χ1) is 11.8. The summed E-state index contributed by atoms with van der Waals surface area (Å²) in [6, 6.07) is 8.77. The molecule has 25 heavy (non-hydrogen) atoms. The highest BCUT2D eigenvalue weighted by atomic mass is 19.4. The van der Waals surface area contributed by atoms with Crippen LogP contribution in [-0.2, 0) is 17.5 Å². The molecule has 130 valence electrons. The lowest BCUT2D eigenvalue weighted by Gasteiger charge is -2.17. The van der Waals surface area contributed by atoms with E-state index in [9.17, 15) is 27.2 Å². The lowest BCUT2D eigenvalue weighted by Crippen LogP contribution is -2.32. The standard InChI is InChI=1S/C17H12F4N2O2/c18-13-2-1-3-14(8-13)23-15(24)10-22(16(23)25)9-11-4-6-12(7-5-11)17(19,20)21/h1-8H,9-10H2. The molecule has 1 aliphatic rings. The molecule has 4 nitrogen and oxygen atoms in total. The van der Waals surface area contributed by atoms with Crippen molar-refractivity contribution in [3.05, 3.63) is 65.5 Å². The quantitative estimate of drug-likeness (QED) is 0.623. The number of amides is 3. The highest BCUT2D eigenvalue weighted by Gasteiger charge is 2.37. The highest BCUT2D eigenvalue weighted by molar-refractivity contribution is 6.19. The van der Waals surface area contributed by atoms with E-state index in [0.29, 0.717) is 5.56 Å². The summed E-state index contributed by atoms with van der Waals surface area (Å²) in [6.07, 6.45) is -4.44. The predicted molar refractivity (Wildman–Crippen MR) is 81.1 cm³/mol. The van der Waals surface area contributed by atoms with Gasteiger partial charge >= 0.3 is 12.2 Å². The second kappa shape index (κ2) is 6.19. The third-order valence-electron chi connectivity index (χ3n) is 3.76. The number of carbonyl (C=O) groups excluding carboxylic acids is 2. The van der Waals surface area contributed by atoms with E-state index >= 15 is 0 Å². The van der Waals surface area contributed by atoms with Gasteiger partial charge in [0.25, 0.3) is 5.91 Å². The van der Waals surface area contributed by atoms with Gasteiger partial charge in [-0.15, -0.1) is 0 Å². The van der Waals surface area contributed by atoms with Crippen LogP contribution in [0.1, 0.15) is 11.1 Å². The fourth-order valence-corrected chi connectivity index (χ4v) is 2.56. The van der Waals surface area contributed by atoms with Crippen molar-refractivity contribution < 1.29 is 27.2 Å². The van der Waals surface area contributed by atoms with E-state index < -0.39 is 29.5 Å². The van der Waals surface area contributed by atoms with E-state index in [1.165, 1.54) is 35.2 Å². The van der Waals surface area contributed by atoms with E-state index in [0.717, 1.165) is 23.1 Å². The van der Waals surface area contributed by atoms with Crippen molar-refractivity contribution in [2.75, 3.05) is 11.4 Å². The topological polar surface area (TPSA) is 40.6 Å². The Balaban J connectivity index is 1.76. The van der Waals surface area contributed by atoms with Crippen molar-refractivity contribution in [3.63, 3.8) is 0 Å². The van der Waals surface area contributed by atoms with Gasteiger partial charge < -0.3 is 4.90 Å². The van der Waals surface area contributed by atoms with Gasteiger partial charge in [-0.1, -0.05) is 18.2 Å². The Labute approximate surface area is 140 Å². The number of imide groups is 1. The second-order valence-corrected chi connectivity index (χ2v) is 5.54. The van der Waals surface area contributed by atoms with Gasteiger partial charge in [-0.3, -0.25) is 4.79 Å². The third kappa shape index (κ3) is 3.47. The molecule has 0 N–H and O–H groups in total. The van der Waals surface area contributed by atoms with Gasteiger partial charge in [-0.2, -0.15) is 13.2 Å². The third-order valence-corrected chi connectivity index (χ3v) is 3.76. The fraction of sp³-hybridized carbons (Fsp3) is 0.176. The molecule has 3 amide bonds. The summed E-state index contributed by atoms with van der Waals surface area (Å²) in [4.78, 5) is 26.5. The fourth-order valence-electron chi connectivity index (χ4n) is 2.56. The number of rotatable bonds is 3. The van der Waals surface area contributed by atoms with E-state index in [4.69, 9.17) is 0 Å². The number of nitrogens with zero attached hydrogens (tertiary/aromatic N) is 2. The van der Waals surface area contributed by atoms with Gasteiger partial charge in [0.1, 0.15) is 12.4 Å². The van der Waals surface area contributed by atoms with Gasteiger partial charge in [0.15, 0.2) is 0 Å². The van der Waals surface area contributed by atoms with Crippen molar-refractivity contribution >= 4 is 17.6 Å². The number of urea groups is 1. The Bertz CT molecular complexity index is 818. The molecule has 8 heteroatoms. The number of alkyl halides is 3. The molecule has 0 saturated carbocycles. The van der Waals surface area contributed by atoms with Crippen molar-refractivity contribution in [2.45, 2.75) is 12.7 Å². The molecule has 0 aliphatic carbocycles. The number of benzene rings is 2. The molecule has 1 aliphatic heterocycles. The summed E-state index contributed by atoms with van der Waals surface area (Å²) < 4.78 is 51.0. The number of hydrogen-bond donors (Lipinski definition) is 0. The average Bonchev–Trinajstić information content (AvgIpc) is 2.81. The van der Waals surface area contributed by atoms with Gasteiger partial charge in [0.05, 0.1) is 11.3 Å². The minimum atomic E-state index is -4.44. The maximum Gasteiger partial charge on any atom is 0.416 e. The van der Waals surface area contributed by atoms with Crippen LogP contribution in [0.15, 0.2) is 48.5 Å². The summed E-state index contributed by atoms with van der Waals surface area (Å²) in [5, 5.41) is 0. The molecule has 0 unspecified atom stereocenters.